The molecule has 26 heavy (non-hydrogen) atoms. The predicted molar refractivity (Wildman–Crippen MR) is 114 cm³/mol. The van der Waals surface area contributed by atoms with Crippen LogP contribution in [0.15, 0.2) is 0 Å². The summed E-state index contributed by atoms with van der Waals surface area (Å²) in [5.74, 6) is 0.830. The quantitative estimate of drug-likeness (QED) is 0.272. The van der Waals surface area contributed by atoms with Gasteiger partial charge in [-0.2, -0.15) is 4.98 Å². The molecule has 144 valence electrons. The minimum Gasteiger partial charge on any atom is -0.342 e. The zero-order valence-corrected chi connectivity index (χ0v) is 18.7. The van der Waals surface area contributed by atoms with E-state index >= 15 is 0 Å². The Kier molecular flexibility index (Phi) is 16.9. The first kappa shape index (κ1) is 25.8. The molecule has 0 fully saturated rings. The summed E-state index contributed by atoms with van der Waals surface area (Å²) in [5.41, 5.74) is 0. The molecule has 0 spiro atoms. The SMILES string of the molecule is CCCCCCCCN(CCCCCCCC)c1nc(=S)[nH]c(=S)[nH]1.[Li+]. The van der Waals surface area contributed by atoms with E-state index in [1.165, 1.54) is 77.0 Å². The van der Waals surface area contributed by atoms with Crippen LogP contribution in [0.2, 0.25) is 0 Å². The number of rotatable bonds is 15. The van der Waals surface area contributed by atoms with E-state index < -0.39 is 0 Å². The first-order valence-electron chi connectivity index (χ1n) is 10.1. The molecule has 0 saturated carbocycles. The molecule has 0 saturated heterocycles. The average molecular weight is 392 g/mol. The summed E-state index contributed by atoms with van der Waals surface area (Å²) in [6.45, 7) is 6.57. The number of hydrogen-bond acceptors (Lipinski definition) is 4. The number of anilines is 1. The molecule has 2 N–H and O–H groups in total. The third-order valence-corrected chi connectivity index (χ3v) is 4.91. The Labute approximate surface area is 182 Å². The maximum Gasteiger partial charge on any atom is 1.00 e. The molecule has 1 aromatic heterocycles. The monoisotopic (exact) mass is 391 g/mol. The minimum absolute atomic E-state index is 0. The molecule has 0 aliphatic rings. The van der Waals surface area contributed by atoms with Gasteiger partial charge in [-0.1, -0.05) is 78.1 Å². The zero-order chi connectivity index (χ0) is 18.3. The minimum atomic E-state index is 0. The Balaban J connectivity index is 0.00000625. The molecule has 0 atom stereocenters. The predicted octanol–water partition coefficient (Wildman–Crippen LogP) is 3.73. The molecule has 0 bridgehead atoms. The van der Waals surface area contributed by atoms with Crippen LogP contribution in [0.1, 0.15) is 90.9 Å². The van der Waals surface area contributed by atoms with E-state index in [9.17, 15) is 0 Å². The molecule has 1 rings (SSSR count). The fourth-order valence-electron chi connectivity index (χ4n) is 3.02. The van der Waals surface area contributed by atoms with Crippen molar-refractivity contribution in [2.45, 2.75) is 90.9 Å². The number of nitrogens with zero attached hydrogens (tertiary/aromatic N) is 2. The van der Waals surface area contributed by atoms with Gasteiger partial charge in [0.15, 0.2) is 4.77 Å². The molecule has 1 aromatic rings. The summed E-state index contributed by atoms with van der Waals surface area (Å²) in [6, 6.07) is 0. The van der Waals surface area contributed by atoms with E-state index in [0.29, 0.717) is 9.54 Å². The van der Waals surface area contributed by atoms with Gasteiger partial charge in [0.25, 0.3) is 0 Å². The molecule has 1 heterocycles. The molecule has 4 nitrogen and oxygen atoms in total. The number of aromatic nitrogens is 3. The van der Waals surface area contributed by atoms with E-state index in [4.69, 9.17) is 24.4 Å². The zero-order valence-electron chi connectivity index (χ0n) is 17.1. The van der Waals surface area contributed by atoms with Crippen molar-refractivity contribution in [2.75, 3.05) is 18.0 Å². The second kappa shape index (κ2) is 17.0. The smallest absolute Gasteiger partial charge is 0.342 e. The molecule has 0 aromatic carbocycles. The van der Waals surface area contributed by atoms with Gasteiger partial charge in [-0.05, 0) is 37.3 Å². The van der Waals surface area contributed by atoms with Crippen molar-refractivity contribution in [1.82, 2.24) is 15.0 Å². The molecule has 7 heteroatoms. The molecule has 0 aliphatic heterocycles. The molecule has 0 amide bonds. The number of hydrogen-bond donors (Lipinski definition) is 2. The summed E-state index contributed by atoms with van der Waals surface area (Å²) < 4.78 is 1.03. The van der Waals surface area contributed by atoms with Crippen molar-refractivity contribution in [3.8, 4) is 0 Å². The number of H-pyrrole nitrogens is 2. The van der Waals surface area contributed by atoms with Crippen molar-refractivity contribution in [2.24, 2.45) is 0 Å². The number of nitrogens with one attached hydrogen (secondary N) is 2. The van der Waals surface area contributed by atoms with Crippen LogP contribution < -0.4 is 23.8 Å². The second-order valence-corrected chi connectivity index (χ2v) is 7.64. The van der Waals surface area contributed by atoms with Crippen LogP contribution in [0.25, 0.3) is 0 Å². The van der Waals surface area contributed by atoms with Crippen molar-refractivity contribution in [3.63, 3.8) is 0 Å². The van der Waals surface area contributed by atoms with Gasteiger partial charge in [-0.25, -0.2) is 0 Å². The normalized spacial score (nSPS) is 10.5. The first-order chi connectivity index (χ1) is 12.2. The maximum absolute atomic E-state index is 5.23. The van der Waals surface area contributed by atoms with E-state index in [1.807, 2.05) is 0 Å². The van der Waals surface area contributed by atoms with Gasteiger partial charge in [0.2, 0.25) is 10.7 Å². The van der Waals surface area contributed by atoms with Crippen LogP contribution in [-0.4, -0.2) is 28.0 Å². The Hall–Kier alpha value is -0.153. The summed E-state index contributed by atoms with van der Waals surface area (Å²) in [7, 11) is 0. The van der Waals surface area contributed by atoms with Crippen LogP contribution >= 0.6 is 24.4 Å². The third-order valence-electron chi connectivity index (χ3n) is 4.52. The summed E-state index contributed by atoms with van der Waals surface area (Å²) in [6.07, 6.45) is 15.6. The molecule has 0 aliphatic carbocycles. The van der Waals surface area contributed by atoms with Crippen molar-refractivity contribution in [3.05, 3.63) is 9.54 Å². The topological polar surface area (TPSA) is 47.7 Å². The van der Waals surface area contributed by atoms with Gasteiger partial charge in [-0.15, -0.1) is 0 Å². The van der Waals surface area contributed by atoms with Crippen LogP contribution in [-0.2, 0) is 0 Å². The Bertz CT molecular complexity index is 515. The largest absolute Gasteiger partial charge is 1.00 e. The molecular weight excluding hydrogens is 355 g/mol. The van der Waals surface area contributed by atoms with Crippen molar-refractivity contribution in [1.29, 1.82) is 0 Å². The van der Waals surface area contributed by atoms with Crippen LogP contribution in [0, 0.1) is 9.54 Å². The number of unbranched alkanes of at least 4 members (excludes halogenated alkanes) is 10. The second-order valence-electron chi connectivity index (χ2n) is 6.84. The molecule has 0 radical (unpaired) electrons. The van der Waals surface area contributed by atoms with Gasteiger partial charge in [0, 0.05) is 13.1 Å². The van der Waals surface area contributed by atoms with Crippen molar-refractivity contribution < 1.29 is 18.9 Å². The van der Waals surface area contributed by atoms with Crippen LogP contribution in [0.3, 0.4) is 0 Å². The maximum atomic E-state index is 5.23. The van der Waals surface area contributed by atoms with E-state index in [0.717, 1.165) is 19.0 Å². The average Bonchev–Trinajstić information content (AvgIpc) is 2.58. The number of aromatic amines is 2. The summed E-state index contributed by atoms with van der Waals surface area (Å²) in [5, 5.41) is 0. The summed E-state index contributed by atoms with van der Waals surface area (Å²) >= 11 is 10.4. The van der Waals surface area contributed by atoms with Gasteiger partial charge < -0.3 is 14.9 Å². The van der Waals surface area contributed by atoms with Crippen molar-refractivity contribution >= 4 is 30.4 Å². The fourth-order valence-corrected chi connectivity index (χ4v) is 3.46. The van der Waals surface area contributed by atoms with Gasteiger partial charge >= 0.3 is 18.9 Å². The van der Waals surface area contributed by atoms with E-state index in [2.05, 4.69) is 33.7 Å². The Morgan fingerprint density at radius 3 is 1.65 bits per heavy atom. The Morgan fingerprint density at radius 2 is 1.19 bits per heavy atom. The van der Waals surface area contributed by atoms with Gasteiger partial charge in [0.05, 0.1) is 0 Å². The summed E-state index contributed by atoms with van der Waals surface area (Å²) in [4.78, 5) is 12.8. The fraction of sp³-hybridized carbons (Fsp3) is 0.842. The first-order valence-corrected chi connectivity index (χ1v) is 10.9. The molecular formula is C19H36LiN4S2+. The van der Waals surface area contributed by atoms with Crippen LogP contribution in [0.4, 0.5) is 5.95 Å². The van der Waals surface area contributed by atoms with E-state index in [-0.39, 0.29) is 18.9 Å². The van der Waals surface area contributed by atoms with Gasteiger partial charge in [0.1, 0.15) is 0 Å². The standard InChI is InChI=1S/C19H36N4S2.Li/c1-3-5-7-9-11-13-15-23(16-14-12-10-8-6-4-2)17-20-18(24)22-19(25)21-17;/h3-16H2,1-2H3,(H2,20,21,22,24,25);/q;+1. The Morgan fingerprint density at radius 1 is 0.731 bits per heavy atom. The van der Waals surface area contributed by atoms with Gasteiger partial charge in [-0.3, -0.25) is 0 Å². The molecule has 0 unspecified atom stereocenters. The van der Waals surface area contributed by atoms with E-state index in [1.54, 1.807) is 0 Å². The van der Waals surface area contributed by atoms with Crippen LogP contribution in [0.5, 0.6) is 0 Å². The third kappa shape index (κ3) is 12.3.